The van der Waals surface area contributed by atoms with E-state index in [1.165, 1.54) is 0 Å². The molecule has 1 fully saturated rings. The number of ether oxygens (including phenoxy) is 1. The molecule has 0 N–H and O–H groups in total. The molecule has 0 amide bonds. The van der Waals surface area contributed by atoms with Crippen molar-refractivity contribution in [2.75, 3.05) is 0 Å². The predicted molar refractivity (Wildman–Crippen MR) is 65.5 cm³/mol. The Morgan fingerprint density at radius 1 is 1.56 bits per heavy atom. The van der Waals surface area contributed by atoms with E-state index in [2.05, 4.69) is 20.4 Å². The van der Waals surface area contributed by atoms with Crippen LogP contribution >= 0.6 is 0 Å². The zero-order chi connectivity index (χ0) is 12.3. The summed E-state index contributed by atoms with van der Waals surface area (Å²) in [6.45, 7) is 11.8. The fourth-order valence-corrected chi connectivity index (χ4v) is 1.69. The molecule has 0 aromatic heterocycles. The van der Waals surface area contributed by atoms with Gasteiger partial charge >= 0.3 is 0 Å². The number of ketones is 1. The first-order chi connectivity index (χ1) is 7.33. The second kappa shape index (κ2) is 4.86. The molecule has 0 aromatic carbocycles. The van der Waals surface area contributed by atoms with Crippen molar-refractivity contribution in [1.82, 2.24) is 0 Å². The van der Waals surface area contributed by atoms with Crippen LogP contribution in [0.2, 0.25) is 0 Å². The Morgan fingerprint density at radius 2 is 2.19 bits per heavy atom. The third kappa shape index (κ3) is 3.22. The maximum absolute atomic E-state index is 11.0. The normalized spacial score (nSPS) is 24.0. The number of carbonyl (C=O) groups is 1. The highest BCUT2D eigenvalue weighted by molar-refractivity contribution is 5.77. The maximum Gasteiger partial charge on any atom is 0.169 e. The summed E-state index contributed by atoms with van der Waals surface area (Å²) in [5, 5.41) is 0. The first kappa shape index (κ1) is 13.0. The van der Waals surface area contributed by atoms with Crippen LogP contribution in [0.4, 0.5) is 0 Å². The van der Waals surface area contributed by atoms with Crippen molar-refractivity contribution < 1.29 is 9.53 Å². The first-order valence-corrected chi connectivity index (χ1v) is 5.72. The van der Waals surface area contributed by atoms with Crippen LogP contribution in [0, 0.1) is 11.5 Å². The van der Waals surface area contributed by atoms with Gasteiger partial charge in [-0.3, -0.25) is 4.79 Å². The standard InChI is InChI=1S/C14H21O2/c1-10-8-9-14(4,5)13(16-12(10)3)7-6-11(2)15/h7H,1,6,8-9H2,2-5H3/b13-7-. The van der Waals surface area contributed by atoms with E-state index in [9.17, 15) is 4.79 Å². The van der Waals surface area contributed by atoms with Gasteiger partial charge in [0.15, 0.2) is 6.10 Å². The minimum atomic E-state index is -0.0177. The molecule has 1 saturated heterocycles. The minimum absolute atomic E-state index is 0.0177. The van der Waals surface area contributed by atoms with Crippen LogP contribution in [0.1, 0.15) is 47.0 Å². The van der Waals surface area contributed by atoms with E-state index in [1.807, 2.05) is 13.0 Å². The topological polar surface area (TPSA) is 26.3 Å². The van der Waals surface area contributed by atoms with E-state index in [0.717, 1.165) is 30.3 Å². The lowest BCUT2D eigenvalue weighted by Crippen LogP contribution is -2.15. The zero-order valence-electron chi connectivity index (χ0n) is 10.7. The fourth-order valence-electron chi connectivity index (χ4n) is 1.69. The van der Waals surface area contributed by atoms with Crippen LogP contribution in [0.15, 0.2) is 24.0 Å². The van der Waals surface area contributed by atoms with Gasteiger partial charge in [0.2, 0.25) is 0 Å². The van der Waals surface area contributed by atoms with Gasteiger partial charge in [0.05, 0.1) is 5.76 Å². The molecule has 2 heteroatoms. The monoisotopic (exact) mass is 221 g/mol. The van der Waals surface area contributed by atoms with Gasteiger partial charge in [0.25, 0.3) is 0 Å². The molecule has 2 nitrogen and oxygen atoms in total. The van der Waals surface area contributed by atoms with Crippen LogP contribution in [0.3, 0.4) is 0 Å². The molecular formula is C14H21O2. The highest BCUT2D eigenvalue weighted by Crippen LogP contribution is 2.41. The molecule has 16 heavy (non-hydrogen) atoms. The third-order valence-corrected chi connectivity index (χ3v) is 3.05. The Morgan fingerprint density at radius 3 is 2.75 bits per heavy atom. The van der Waals surface area contributed by atoms with E-state index in [0.29, 0.717) is 6.42 Å². The van der Waals surface area contributed by atoms with Gasteiger partial charge in [0.1, 0.15) is 5.78 Å². The lowest BCUT2D eigenvalue weighted by molar-refractivity contribution is -0.116. The molecule has 1 aliphatic heterocycles. The zero-order valence-corrected chi connectivity index (χ0v) is 10.7. The Balaban J connectivity index is 2.89. The lowest BCUT2D eigenvalue weighted by Gasteiger charge is -2.25. The smallest absolute Gasteiger partial charge is 0.169 e. The van der Waals surface area contributed by atoms with Crippen LogP contribution in [-0.2, 0) is 9.53 Å². The molecule has 1 heterocycles. The van der Waals surface area contributed by atoms with Crippen molar-refractivity contribution in [1.29, 1.82) is 0 Å². The minimum Gasteiger partial charge on any atom is -0.483 e. The SMILES string of the molecule is C=C1CCC(C)(C)/C(=C/CC(C)=O)O[C]1C. The second-order valence-electron chi connectivity index (χ2n) is 5.12. The Hall–Kier alpha value is -1.05. The van der Waals surface area contributed by atoms with Crippen LogP contribution < -0.4 is 0 Å². The summed E-state index contributed by atoms with van der Waals surface area (Å²) in [6.07, 6.45) is 5.19. The molecule has 0 spiro atoms. The van der Waals surface area contributed by atoms with Gasteiger partial charge in [-0.25, -0.2) is 0 Å². The van der Waals surface area contributed by atoms with Crippen molar-refractivity contribution in [3.8, 4) is 0 Å². The van der Waals surface area contributed by atoms with E-state index in [4.69, 9.17) is 4.74 Å². The van der Waals surface area contributed by atoms with Crippen molar-refractivity contribution in [3.63, 3.8) is 0 Å². The number of allylic oxidation sites excluding steroid dienone is 2. The number of Topliss-reactive ketones (excluding diaryl/α,β-unsaturated/α-hetero) is 1. The summed E-state index contributed by atoms with van der Waals surface area (Å²) < 4.78 is 5.82. The molecule has 1 aliphatic rings. The van der Waals surface area contributed by atoms with Crippen molar-refractivity contribution in [2.24, 2.45) is 5.41 Å². The molecule has 1 rings (SSSR count). The van der Waals surface area contributed by atoms with Crippen LogP contribution in [0.25, 0.3) is 0 Å². The first-order valence-electron chi connectivity index (χ1n) is 5.72. The highest BCUT2D eigenvalue weighted by atomic mass is 16.5. The summed E-state index contributed by atoms with van der Waals surface area (Å²) in [5.74, 6) is 1.06. The van der Waals surface area contributed by atoms with Gasteiger partial charge in [-0.1, -0.05) is 20.4 Å². The van der Waals surface area contributed by atoms with Gasteiger partial charge in [0, 0.05) is 11.8 Å². The lowest BCUT2D eigenvalue weighted by atomic mass is 9.84. The molecule has 0 aromatic rings. The third-order valence-electron chi connectivity index (χ3n) is 3.05. The molecule has 0 saturated carbocycles. The Labute approximate surface area is 98.4 Å². The van der Waals surface area contributed by atoms with E-state index in [1.54, 1.807) is 6.92 Å². The maximum atomic E-state index is 11.0. The predicted octanol–water partition coefficient (Wildman–Crippen LogP) is 3.79. The van der Waals surface area contributed by atoms with Gasteiger partial charge in [-0.05, 0) is 38.3 Å². The molecule has 0 aliphatic carbocycles. The summed E-state index contributed by atoms with van der Waals surface area (Å²) >= 11 is 0. The molecule has 0 unspecified atom stereocenters. The second-order valence-corrected chi connectivity index (χ2v) is 5.12. The number of hydrogen-bond donors (Lipinski definition) is 0. The van der Waals surface area contributed by atoms with E-state index in [-0.39, 0.29) is 11.2 Å². The van der Waals surface area contributed by atoms with Crippen molar-refractivity contribution in [3.05, 3.63) is 30.1 Å². The van der Waals surface area contributed by atoms with Crippen molar-refractivity contribution >= 4 is 5.78 Å². The molecule has 89 valence electrons. The van der Waals surface area contributed by atoms with Gasteiger partial charge in [-0.15, -0.1) is 0 Å². The summed E-state index contributed by atoms with van der Waals surface area (Å²) in [5.41, 5.74) is 1.04. The quantitative estimate of drug-likeness (QED) is 0.709. The number of hydrogen-bond acceptors (Lipinski definition) is 2. The Bertz CT molecular complexity index is 324. The van der Waals surface area contributed by atoms with Crippen molar-refractivity contribution in [2.45, 2.75) is 47.0 Å². The van der Waals surface area contributed by atoms with Crippen LogP contribution in [0.5, 0.6) is 0 Å². The highest BCUT2D eigenvalue weighted by Gasteiger charge is 2.31. The van der Waals surface area contributed by atoms with Crippen LogP contribution in [-0.4, -0.2) is 5.78 Å². The summed E-state index contributed by atoms with van der Waals surface area (Å²) in [6, 6.07) is 0. The Kier molecular flexibility index (Phi) is 3.95. The van der Waals surface area contributed by atoms with E-state index < -0.39 is 0 Å². The van der Waals surface area contributed by atoms with E-state index >= 15 is 0 Å². The average Bonchev–Trinajstić information content (AvgIpc) is 2.27. The largest absolute Gasteiger partial charge is 0.483 e. The fraction of sp³-hybridized carbons (Fsp3) is 0.571. The average molecular weight is 221 g/mol. The number of rotatable bonds is 2. The van der Waals surface area contributed by atoms with Gasteiger partial charge in [-0.2, -0.15) is 0 Å². The molecule has 0 atom stereocenters. The summed E-state index contributed by atoms with van der Waals surface area (Å²) in [4.78, 5) is 11.0. The number of carbonyl (C=O) groups excluding carboxylic acids is 1. The van der Waals surface area contributed by atoms with Gasteiger partial charge < -0.3 is 4.74 Å². The molecule has 0 bridgehead atoms. The molecular weight excluding hydrogens is 200 g/mol. The summed E-state index contributed by atoms with van der Waals surface area (Å²) in [7, 11) is 0. The molecule has 1 radical (unpaired) electrons.